The van der Waals surface area contributed by atoms with E-state index in [0.717, 1.165) is 18.8 Å². The molecule has 1 N–H and O–H groups in total. The molecule has 2 heterocycles. The molecule has 5 heteroatoms. The van der Waals surface area contributed by atoms with Gasteiger partial charge in [0.15, 0.2) is 0 Å². The zero-order chi connectivity index (χ0) is 13.7. The average molecular weight is 263 g/mol. The Kier molecular flexibility index (Phi) is 4.74. The lowest BCUT2D eigenvalue weighted by Crippen LogP contribution is -2.48. The number of nitrogens with zero attached hydrogens (tertiary/aromatic N) is 2. The van der Waals surface area contributed by atoms with E-state index in [9.17, 15) is 4.79 Å². The van der Waals surface area contributed by atoms with Crippen molar-refractivity contribution in [3.05, 3.63) is 23.9 Å². The maximum atomic E-state index is 12.5. The Labute approximate surface area is 114 Å². The smallest absolute Gasteiger partial charge is 0.272 e. The van der Waals surface area contributed by atoms with E-state index in [1.807, 2.05) is 24.0 Å². The lowest BCUT2D eigenvalue weighted by Gasteiger charge is -2.34. The molecule has 1 aliphatic rings. The van der Waals surface area contributed by atoms with E-state index in [0.29, 0.717) is 25.5 Å². The maximum Gasteiger partial charge on any atom is 0.272 e. The van der Waals surface area contributed by atoms with Crippen molar-refractivity contribution in [2.24, 2.45) is 0 Å². The Morgan fingerprint density at radius 3 is 3.11 bits per heavy atom. The second-order valence-electron chi connectivity index (χ2n) is 4.57. The summed E-state index contributed by atoms with van der Waals surface area (Å²) in [6.07, 6.45) is 0.901. The molecule has 0 aliphatic carbocycles. The second-order valence-corrected chi connectivity index (χ2v) is 4.57. The van der Waals surface area contributed by atoms with Crippen molar-refractivity contribution < 1.29 is 9.53 Å². The Morgan fingerprint density at radius 1 is 1.53 bits per heavy atom. The third-order valence-corrected chi connectivity index (χ3v) is 3.29. The molecule has 1 aromatic rings. The zero-order valence-electron chi connectivity index (χ0n) is 11.6. The van der Waals surface area contributed by atoms with Crippen molar-refractivity contribution in [2.45, 2.75) is 26.3 Å². The summed E-state index contributed by atoms with van der Waals surface area (Å²) in [7, 11) is 0. The first-order chi connectivity index (χ1) is 9.26. The van der Waals surface area contributed by atoms with Gasteiger partial charge in [-0.2, -0.15) is 0 Å². The van der Waals surface area contributed by atoms with Crippen molar-refractivity contribution in [1.29, 1.82) is 0 Å². The largest absolute Gasteiger partial charge is 0.377 e. The predicted octanol–water partition coefficient (Wildman–Crippen LogP) is 1.76. The Hall–Kier alpha value is -1.62. The van der Waals surface area contributed by atoms with Crippen LogP contribution in [0.3, 0.4) is 0 Å². The number of morpholine rings is 1. The number of nitrogens with one attached hydrogen (secondary N) is 1. The Balaban J connectivity index is 2.15. The van der Waals surface area contributed by atoms with Crippen LogP contribution in [0.4, 0.5) is 5.82 Å². The van der Waals surface area contributed by atoms with Crippen molar-refractivity contribution in [3.63, 3.8) is 0 Å². The van der Waals surface area contributed by atoms with Crippen molar-refractivity contribution >= 4 is 11.7 Å². The molecule has 0 saturated carbocycles. The van der Waals surface area contributed by atoms with Crippen LogP contribution in [-0.4, -0.2) is 48.1 Å². The molecule has 1 aromatic heterocycles. The molecule has 0 radical (unpaired) electrons. The lowest BCUT2D eigenvalue weighted by atomic mass is 10.1. The average Bonchev–Trinajstić information content (AvgIpc) is 2.47. The number of aromatic nitrogens is 1. The van der Waals surface area contributed by atoms with E-state index >= 15 is 0 Å². The first-order valence-corrected chi connectivity index (χ1v) is 6.86. The van der Waals surface area contributed by atoms with E-state index < -0.39 is 0 Å². The summed E-state index contributed by atoms with van der Waals surface area (Å²) < 4.78 is 5.42. The first-order valence-electron chi connectivity index (χ1n) is 6.86. The first kappa shape index (κ1) is 13.8. The monoisotopic (exact) mass is 263 g/mol. The van der Waals surface area contributed by atoms with E-state index in [-0.39, 0.29) is 11.9 Å². The minimum Gasteiger partial charge on any atom is -0.377 e. The van der Waals surface area contributed by atoms with Crippen LogP contribution < -0.4 is 5.32 Å². The summed E-state index contributed by atoms with van der Waals surface area (Å²) in [6.45, 7) is 6.74. The predicted molar refractivity (Wildman–Crippen MR) is 74.3 cm³/mol. The normalized spacial score (nSPS) is 19.3. The van der Waals surface area contributed by atoms with Gasteiger partial charge in [-0.05, 0) is 25.5 Å². The van der Waals surface area contributed by atoms with Gasteiger partial charge in [0.05, 0.1) is 19.3 Å². The molecule has 5 nitrogen and oxygen atoms in total. The minimum absolute atomic E-state index is 0.00472. The molecule has 1 unspecified atom stereocenters. The summed E-state index contributed by atoms with van der Waals surface area (Å²) in [4.78, 5) is 18.7. The molecule has 0 spiro atoms. The van der Waals surface area contributed by atoms with Crippen LogP contribution in [0.15, 0.2) is 18.2 Å². The highest BCUT2D eigenvalue weighted by Gasteiger charge is 2.27. The SMILES string of the molecule is CCNc1cccc(C(=O)N2CCOCC2CC)n1. The molecule has 1 saturated heterocycles. The molecule has 1 aliphatic heterocycles. The van der Waals surface area contributed by atoms with E-state index in [4.69, 9.17) is 4.74 Å². The Bertz CT molecular complexity index is 436. The second kappa shape index (κ2) is 6.52. The standard InChI is InChI=1S/C14H21N3O2/c1-3-11-10-19-9-8-17(11)14(18)12-6-5-7-13(16-12)15-4-2/h5-7,11H,3-4,8-10H2,1-2H3,(H,15,16). The molecule has 0 aromatic carbocycles. The molecule has 1 fully saturated rings. The minimum atomic E-state index is -0.00472. The molecule has 1 atom stereocenters. The van der Waals surface area contributed by atoms with E-state index in [1.165, 1.54) is 0 Å². The van der Waals surface area contributed by atoms with Gasteiger partial charge >= 0.3 is 0 Å². The van der Waals surface area contributed by atoms with Gasteiger partial charge in [-0.15, -0.1) is 0 Å². The fraction of sp³-hybridized carbons (Fsp3) is 0.571. The Morgan fingerprint density at radius 2 is 2.37 bits per heavy atom. The quantitative estimate of drug-likeness (QED) is 0.899. The zero-order valence-corrected chi connectivity index (χ0v) is 11.6. The number of pyridine rings is 1. The summed E-state index contributed by atoms with van der Waals surface area (Å²) in [5, 5.41) is 3.12. The summed E-state index contributed by atoms with van der Waals surface area (Å²) in [6, 6.07) is 5.66. The number of carbonyl (C=O) groups excluding carboxylic acids is 1. The van der Waals surface area contributed by atoms with Crippen LogP contribution in [0.5, 0.6) is 0 Å². The van der Waals surface area contributed by atoms with Gasteiger partial charge in [-0.25, -0.2) is 4.98 Å². The summed E-state index contributed by atoms with van der Waals surface area (Å²) >= 11 is 0. The maximum absolute atomic E-state index is 12.5. The van der Waals surface area contributed by atoms with E-state index in [2.05, 4.69) is 17.2 Å². The van der Waals surface area contributed by atoms with Crippen LogP contribution >= 0.6 is 0 Å². The topological polar surface area (TPSA) is 54.5 Å². The highest BCUT2D eigenvalue weighted by atomic mass is 16.5. The fourth-order valence-electron chi connectivity index (χ4n) is 2.24. The number of ether oxygens (including phenoxy) is 1. The van der Waals surface area contributed by atoms with Crippen molar-refractivity contribution in [3.8, 4) is 0 Å². The van der Waals surface area contributed by atoms with Crippen molar-refractivity contribution in [1.82, 2.24) is 9.88 Å². The van der Waals surface area contributed by atoms with Crippen LogP contribution in [0.1, 0.15) is 30.8 Å². The number of anilines is 1. The van der Waals surface area contributed by atoms with Gasteiger partial charge in [0.25, 0.3) is 5.91 Å². The number of rotatable bonds is 4. The third-order valence-electron chi connectivity index (χ3n) is 3.29. The molecular formula is C14H21N3O2. The molecule has 1 amide bonds. The van der Waals surface area contributed by atoms with Crippen LogP contribution in [0.2, 0.25) is 0 Å². The fourth-order valence-corrected chi connectivity index (χ4v) is 2.24. The van der Waals surface area contributed by atoms with Crippen LogP contribution in [0, 0.1) is 0 Å². The van der Waals surface area contributed by atoms with Crippen molar-refractivity contribution in [2.75, 3.05) is 31.6 Å². The number of hydrogen-bond donors (Lipinski definition) is 1. The van der Waals surface area contributed by atoms with Gasteiger partial charge in [0.2, 0.25) is 0 Å². The van der Waals surface area contributed by atoms with Crippen LogP contribution in [-0.2, 0) is 4.74 Å². The van der Waals surface area contributed by atoms with E-state index in [1.54, 1.807) is 6.07 Å². The molecule has 19 heavy (non-hydrogen) atoms. The summed E-state index contributed by atoms with van der Waals surface area (Å²) in [5.41, 5.74) is 0.499. The highest BCUT2D eigenvalue weighted by Crippen LogP contribution is 2.15. The van der Waals surface area contributed by atoms with Gasteiger partial charge in [-0.3, -0.25) is 4.79 Å². The number of hydrogen-bond acceptors (Lipinski definition) is 4. The summed E-state index contributed by atoms with van der Waals surface area (Å²) in [5.74, 6) is 0.740. The highest BCUT2D eigenvalue weighted by molar-refractivity contribution is 5.93. The lowest BCUT2D eigenvalue weighted by molar-refractivity contribution is -0.00309. The molecule has 104 valence electrons. The number of carbonyl (C=O) groups is 1. The number of amides is 1. The third kappa shape index (κ3) is 3.23. The van der Waals surface area contributed by atoms with Gasteiger partial charge < -0.3 is 15.0 Å². The molecule has 2 rings (SSSR count). The van der Waals surface area contributed by atoms with Gasteiger partial charge in [-0.1, -0.05) is 13.0 Å². The van der Waals surface area contributed by atoms with Crippen LogP contribution in [0.25, 0.3) is 0 Å². The van der Waals surface area contributed by atoms with Gasteiger partial charge in [0, 0.05) is 13.1 Å². The molecular weight excluding hydrogens is 242 g/mol. The molecule has 0 bridgehead atoms. The van der Waals surface area contributed by atoms with Gasteiger partial charge in [0.1, 0.15) is 11.5 Å².